The van der Waals surface area contributed by atoms with Gasteiger partial charge in [-0.1, -0.05) is 30.0 Å². The van der Waals surface area contributed by atoms with Crippen molar-refractivity contribution in [3.05, 3.63) is 57.6 Å². The van der Waals surface area contributed by atoms with Crippen molar-refractivity contribution < 1.29 is 0 Å². The molecule has 0 aromatic heterocycles. The lowest BCUT2D eigenvalue weighted by molar-refractivity contribution is 0.815. The Morgan fingerprint density at radius 2 is 1.79 bits per heavy atom. The molecule has 0 aliphatic heterocycles. The third-order valence-corrected chi connectivity index (χ3v) is 5.20. The van der Waals surface area contributed by atoms with E-state index in [9.17, 15) is 0 Å². The molecule has 100 valence electrons. The topological polar surface area (TPSA) is 26.0 Å². The predicted molar refractivity (Wildman–Crippen MR) is 86.8 cm³/mol. The summed E-state index contributed by atoms with van der Waals surface area (Å²) in [6.07, 6.45) is 0. The lowest BCUT2D eigenvalue weighted by Gasteiger charge is -2.11. The van der Waals surface area contributed by atoms with Gasteiger partial charge in [-0.25, -0.2) is 0 Å². The highest BCUT2D eigenvalue weighted by Crippen LogP contribution is 2.36. The summed E-state index contributed by atoms with van der Waals surface area (Å²) in [5.41, 5.74) is 9.64. The van der Waals surface area contributed by atoms with Crippen LogP contribution in [0.5, 0.6) is 0 Å². The first-order valence-electron chi connectivity index (χ1n) is 6.27. The fraction of sp³-hybridized carbons (Fsp3) is 0.250. The summed E-state index contributed by atoms with van der Waals surface area (Å²) >= 11 is 5.43. The molecule has 1 atom stereocenters. The van der Waals surface area contributed by atoms with Crippen LogP contribution in [0.1, 0.15) is 29.7 Å². The molecule has 0 spiro atoms. The fourth-order valence-corrected chi connectivity index (χ4v) is 3.46. The van der Waals surface area contributed by atoms with Gasteiger partial charge in [0.15, 0.2) is 0 Å². The van der Waals surface area contributed by atoms with E-state index in [2.05, 4.69) is 66.2 Å². The van der Waals surface area contributed by atoms with Crippen LogP contribution >= 0.6 is 27.7 Å². The van der Waals surface area contributed by atoms with Gasteiger partial charge in [0.2, 0.25) is 0 Å². The van der Waals surface area contributed by atoms with Crippen LogP contribution < -0.4 is 5.73 Å². The summed E-state index contributed by atoms with van der Waals surface area (Å²) in [7, 11) is 0. The zero-order valence-electron chi connectivity index (χ0n) is 11.4. The molecule has 0 fully saturated rings. The van der Waals surface area contributed by atoms with E-state index < -0.39 is 0 Å². The van der Waals surface area contributed by atoms with Crippen molar-refractivity contribution in [2.75, 3.05) is 0 Å². The standard InChI is InChI=1S/C16H18BrNS/c1-10-4-5-11(2)16(8-10)19-15-7-6-13(12(3)18)9-14(15)17/h4-9,12H,18H2,1-3H3/t12-/m0/s1. The fourth-order valence-electron chi connectivity index (χ4n) is 1.82. The van der Waals surface area contributed by atoms with E-state index in [0.717, 1.165) is 10.0 Å². The van der Waals surface area contributed by atoms with Crippen molar-refractivity contribution in [3.63, 3.8) is 0 Å². The quantitative estimate of drug-likeness (QED) is 0.830. The number of halogens is 1. The van der Waals surface area contributed by atoms with Gasteiger partial charge in [-0.3, -0.25) is 0 Å². The van der Waals surface area contributed by atoms with E-state index in [1.807, 2.05) is 6.92 Å². The van der Waals surface area contributed by atoms with Gasteiger partial charge in [-0.2, -0.15) is 0 Å². The highest BCUT2D eigenvalue weighted by Gasteiger charge is 2.08. The van der Waals surface area contributed by atoms with E-state index in [1.165, 1.54) is 20.9 Å². The maximum absolute atomic E-state index is 5.90. The van der Waals surface area contributed by atoms with E-state index >= 15 is 0 Å². The number of benzene rings is 2. The molecule has 0 heterocycles. The molecule has 3 heteroatoms. The molecule has 0 bridgehead atoms. The summed E-state index contributed by atoms with van der Waals surface area (Å²) in [5.74, 6) is 0. The molecule has 2 rings (SSSR count). The van der Waals surface area contributed by atoms with Gasteiger partial charge in [0.1, 0.15) is 0 Å². The maximum Gasteiger partial charge on any atom is 0.0318 e. The summed E-state index contributed by atoms with van der Waals surface area (Å²) in [6, 6.07) is 13.0. The minimum Gasteiger partial charge on any atom is -0.324 e. The molecule has 2 N–H and O–H groups in total. The van der Waals surface area contributed by atoms with E-state index in [4.69, 9.17) is 5.73 Å². The second-order valence-electron chi connectivity index (χ2n) is 4.85. The Hall–Kier alpha value is -0.770. The number of hydrogen-bond acceptors (Lipinski definition) is 2. The molecule has 0 saturated carbocycles. The highest BCUT2D eigenvalue weighted by atomic mass is 79.9. The molecule has 0 unspecified atom stereocenters. The van der Waals surface area contributed by atoms with Gasteiger partial charge in [0.25, 0.3) is 0 Å². The van der Waals surface area contributed by atoms with E-state index in [0.29, 0.717) is 0 Å². The second kappa shape index (κ2) is 6.12. The van der Waals surface area contributed by atoms with E-state index in [-0.39, 0.29) is 6.04 Å². The van der Waals surface area contributed by atoms with Gasteiger partial charge in [-0.15, -0.1) is 0 Å². The summed E-state index contributed by atoms with van der Waals surface area (Å²) in [6.45, 7) is 6.27. The third kappa shape index (κ3) is 3.62. The average Bonchev–Trinajstić information content (AvgIpc) is 2.36. The first kappa shape index (κ1) is 14.6. The SMILES string of the molecule is Cc1ccc(C)c(Sc2ccc([C@H](C)N)cc2Br)c1. The number of hydrogen-bond donors (Lipinski definition) is 1. The predicted octanol–water partition coefficient (Wildman–Crippen LogP) is 5.24. The molecule has 0 saturated heterocycles. The van der Waals surface area contributed by atoms with Crippen LogP contribution in [-0.2, 0) is 0 Å². The van der Waals surface area contributed by atoms with Crippen molar-refractivity contribution in [1.29, 1.82) is 0 Å². The summed E-state index contributed by atoms with van der Waals surface area (Å²) in [5, 5.41) is 0. The van der Waals surface area contributed by atoms with Crippen molar-refractivity contribution in [1.82, 2.24) is 0 Å². The summed E-state index contributed by atoms with van der Waals surface area (Å²) in [4.78, 5) is 2.52. The molecule has 0 radical (unpaired) electrons. The second-order valence-corrected chi connectivity index (χ2v) is 6.79. The maximum atomic E-state index is 5.90. The molecular formula is C16H18BrNS. The lowest BCUT2D eigenvalue weighted by atomic mass is 10.1. The zero-order valence-corrected chi connectivity index (χ0v) is 13.8. The van der Waals surface area contributed by atoms with Crippen LogP contribution in [0.2, 0.25) is 0 Å². The molecule has 1 nitrogen and oxygen atoms in total. The van der Waals surface area contributed by atoms with Gasteiger partial charge in [0.05, 0.1) is 0 Å². The molecule has 0 aliphatic carbocycles. The van der Waals surface area contributed by atoms with Crippen molar-refractivity contribution >= 4 is 27.7 Å². The Balaban J connectivity index is 2.31. The molecule has 2 aromatic carbocycles. The summed E-state index contributed by atoms with van der Waals surface area (Å²) < 4.78 is 1.10. The Morgan fingerprint density at radius 3 is 2.42 bits per heavy atom. The monoisotopic (exact) mass is 335 g/mol. The minimum atomic E-state index is 0.0658. The van der Waals surface area contributed by atoms with Crippen molar-refractivity contribution in [2.24, 2.45) is 5.73 Å². The van der Waals surface area contributed by atoms with Crippen LogP contribution in [-0.4, -0.2) is 0 Å². The molecule has 0 aliphatic rings. The molecular weight excluding hydrogens is 318 g/mol. The lowest BCUT2D eigenvalue weighted by Crippen LogP contribution is -2.04. The van der Waals surface area contributed by atoms with Gasteiger partial charge in [0, 0.05) is 20.3 Å². The average molecular weight is 336 g/mol. The molecule has 19 heavy (non-hydrogen) atoms. The number of aryl methyl sites for hydroxylation is 2. The zero-order chi connectivity index (χ0) is 14.0. The largest absolute Gasteiger partial charge is 0.324 e. The Morgan fingerprint density at radius 1 is 1.05 bits per heavy atom. The van der Waals surface area contributed by atoms with Crippen LogP contribution in [0.4, 0.5) is 0 Å². The van der Waals surface area contributed by atoms with Crippen LogP contribution in [0.25, 0.3) is 0 Å². The Bertz CT molecular complexity index is 593. The number of rotatable bonds is 3. The van der Waals surface area contributed by atoms with Gasteiger partial charge >= 0.3 is 0 Å². The van der Waals surface area contributed by atoms with Gasteiger partial charge in [-0.05, 0) is 71.6 Å². The van der Waals surface area contributed by atoms with E-state index in [1.54, 1.807) is 11.8 Å². The smallest absolute Gasteiger partial charge is 0.0318 e. The first-order valence-corrected chi connectivity index (χ1v) is 7.88. The first-order chi connectivity index (χ1) is 8.97. The minimum absolute atomic E-state index is 0.0658. The van der Waals surface area contributed by atoms with Gasteiger partial charge < -0.3 is 5.73 Å². The van der Waals surface area contributed by atoms with Crippen molar-refractivity contribution in [3.8, 4) is 0 Å². The number of nitrogens with two attached hydrogens (primary N) is 1. The van der Waals surface area contributed by atoms with Crippen LogP contribution in [0.3, 0.4) is 0 Å². The third-order valence-electron chi connectivity index (χ3n) is 3.05. The van der Waals surface area contributed by atoms with Crippen molar-refractivity contribution in [2.45, 2.75) is 36.6 Å². The van der Waals surface area contributed by atoms with Crippen LogP contribution in [0.15, 0.2) is 50.7 Å². The molecule has 2 aromatic rings. The molecule has 0 amide bonds. The highest BCUT2D eigenvalue weighted by molar-refractivity contribution is 9.10. The Labute approximate surface area is 127 Å². The normalized spacial score (nSPS) is 12.5. The van der Waals surface area contributed by atoms with Crippen LogP contribution in [0, 0.1) is 13.8 Å². The Kier molecular flexibility index (Phi) is 4.71.